The van der Waals surface area contributed by atoms with E-state index >= 15 is 0 Å². The van der Waals surface area contributed by atoms with Gasteiger partial charge in [-0.25, -0.2) is 9.89 Å². The molecule has 2 aliphatic rings. The van der Waals surface area contributed by atoms with Gasteiger partial charge in [-0.15, -0.1) is 16.9 Å². The van der Waals surface area contributed by atoms with Crippen LogP contribution in [-0.2, 0) is 20.9 Å². The lowest BCUT2D eigenvalue weighted by Crippen LogP contribution is -2.70. The Balaban J connectivity index is 1.49. The van der Waals surface area contributed by atoms with E-state index in [1.807, 2.05) is 0 Å². The summed E-state index contributed by atoms with van der Waals surface area (Å²) in [6, 6.07) is 7.28. The number of carboxylic acid groups (broad SMARTS) is 1. The lowest BCUT2D eigenvalue weighted by Gasteiger charge is -2.49. The number of nitrogens with zero attached hydrogens (tertiary/aromatic N) is 3. The van der Waals surface area contributed by atoms with Crippen molar-refractivity contribution in [1.82, 2.24) is 25.0 Å². The van der Waals surface area contributed by atoms with Gasteiger partial charge in [0.05, 0.1) is 0 Å². The van der Waals surface area contributed by atoms with Gasteiger partial charge in [-0.05, 0) is 18.1 Å². The molecule has 3 heterocycles. The smallest absolute Gasteiger partial charge is 0.352 e. The molecule has 0 aliphatic carbocycles. The third kappa shape index (κ3) is 4.63. The number of carbonyl (C=O) groups excluding carboxylic acids is 2. The number of aliphatic carboxylic acids is 1. The summed E-state index contributed by atoms with van der Waals surface area (Å²) >= 11 is 2.35. The van der Waals surface area contributed by atoms with Gasteiger partial charge in [-0.1, -0.05) is 42.1 Å². The molecule has 2 aliphatic heterocycles. The predicted molar refractivity (Wildman–Crippen MR) is 127 cm³/mol. The first kappa shape index (κ1) is 24.8. The van der Waals surface area contributed by atoms with Crippen molar-refractivity contribution in [2.45, 2.75) is 36.1 Å². The number of carbonyl (C=O) groups is 3. The molecule has 2 amide bonds. The standard InChI is InChI=1S/C21H21N5O7S2/c1-2-25-18(31)16(29)23-24-21(25)35-9-11-8-34-19-12(17(30)26(19)13(11)20(32)33)22-15(28)14(27)10-6-4-3-5-7-10/h3-7,12,14,19,27H,2,8-9H2,1H3,(H,22,28)(H,23,29)(H,32,33)/t12-,14-,19+/m1/s1. The summed E-state index contributed by atoms with van der Waals surface area (Å²) in [6.45, 7) is 1.89. The highest BCUT2D eigenvalue weighted by Gasteiger charge is 2.54. The van der Waals surface area contributed by atoms with Crippen LogP contribution in [0.25, 0.3) is 0 Å². The lowest BCUT2D eigenvalue weighted by atomic mass is 10.0. The number of β-lactam (4-membered cyclic amide) rings is 1. The van der Waals surface area contributed by atoms with Gasteiger partial charge in [0.15, 0.2) is 11.3 Å². The Morgan fingerprint density at radius 2 is 2.00 bits per heavy atom. The van der Waals surface area contributed by atoms with E-state index in [1.54, 1.807) is 37.3 Å². The monoisotopic (exact) mass is 519 g/mol. The number of rotatable bonds is 8. The summed E-state index contributed by atoms with van der Waals surface area (Å²) in [5.74, 6) is -2.26. The molecule has 0 spiro atoms. The summed E-state index contributed by atoms with van der Waals surface area (Å²) in [7, 11) is 0. The molecular formula is C21H21N5O7S2. The summed E-state index contributed by atoms with van der Waals surface area (Å²) < 4.78 is 1.18. The first-order valence-corrected chi connectivity index (χ1v) is 12.5. The molecule has 12 nitrogen and oxygen atoms in total. The van der Waals surface area contributed by atoms with Crippen molar-refractivity contribution in [3.63, 3.8) is 0 Å². The van der Waals surface area contributed by atoms with Gasteiger partial charge < -0.3 is 15.5 Å². The number of aromatic amines is 1. The molecule has 184 valence electrons. The number of nitrogens with one attached hydrogen (secondary N) is 2. The van der Waals surface area contributed by atoms with E-state index in [-0.39, 0.29) is 28.9 Å². The fraction of sp³-hybridized carbons (Fsp3) is 0.333. The zero-order valence-corrected chi connectivity index (χ0v) is 20.0. The second-order valence-electron chi connectivity index (χ2n) is 7.64. The van der Waals surface area contributed by atoms with Crippen molar-refractivity contribution in [1.29, 1.82) is 0 Å². The Labute approximate surface area is 206 Å². The highest BCUT2D eigenvalue weighted by atomic mass is 32.2. The predicted octanol–water partition coefficient (Wildman–Crippen LogP) is -0.484. The molecule has 35 heavy (non-hydrogen) atoms. The summed E-state index contributed by atoms with van der Waals surface area (Å²) in [6.07, 6.45) is -1.46. The topological polar surface area (TPSA) is 175 Å². The van der Waals surface area contributed by atoms with Gasteiger partial charge in [-0.2, -0.15) is 0 Å². The van der Waals surface area contributed by atoms with Crippen LogP contribution in [0.1, 0.15) is 18.6 Å². The second kappa shape index (κ2) is 10.1. The molecule has 4 N–H and O–H groups in total. The highest BCUT2D eigenvalue weighted by Crippen LogP contribution is 2.41. The first-order chi connectivity index (χ1) is 16.7. The van der Waals surface area contributed by atoms with Crippen LogP contribution in [0.4, 0.5) is 0 Å². The average molecular weight is 520 g/mol. The fourth-order valence-electron chi connectivity index (χ4n) is 3.77. The Kier molecular flexibility index (Phi) is 7.14. The summed E-state index contributed by atoms with van der Waals surface area (Å²) in [5.41, 5.74) is -0.986. The highest BCUT2D eigenvalue weighted by molar-refractivity contribution is 8.01. The molecule has 1 saturated heterocycles. The van der Waals surface area contributed by atoms with Gasteiger partial charge >= 0.3 is 17.1 Å². The number of aliphatic hydroxyl groups excluding tert-OH is 1. The Morgan fingerprint density at radius 1 is 1.29 bits per heavy atom. The molecule has 0 radical (unpaired) electrons. The van der Waals surface area contributed by atoms with E-state index in [1.165, 1.54) is 16.3 Å². The maximum Gasteiger partial charge on any atom is 0.352 e. The number of amides is 2. The lowest BCUT2D eigenvalue weighted by molar-refractivity contribution is -0.151. The van der Waals surface area contributed by atoms with Crippen molar-refractivity contribution >= 4 is 41.3 Å². The van der Waals surface area contributed by atoms with Crippen molar-refractivity contribution < 1.29 is 24.6 Å². The zero-order valence-electron chi connectivity index (χ0n) is 18.3. The number of thioether (sulfide) groups is 2. The van der Waals surface area contributed by atoms with Crippen LogP contribution < -0.4 is 16.4 Å². The van der Waals surface area contributed by atoms with E-state index < -0.39 is 46.4 Å². The number of fused-ring (bicyclic) bond motifs is 1. The van der Waals surface area contributed by atoms with E-state index in [0.29, 0.717) is 11.1 Å². The van der Waals surface area contributed by atoms with Crippen LogP contribution in [0.5, 0.6) is 0 Å². The second-order valence-corrected chi connectivity index (χ2v) is 9.69. The summed E-state index contributed by atoms with van der Waals surface area (Å²) in [5, 5.41) is 28.2. The zero-order chi connectivity index (χ0) is 25.3. The van der Waals surface area contributed by atoms with Gasteiger partial charge in [0, 0.05) is 18.1 Å². The van der Waals surface area contributed by atoms with E-state index in [2.05, 4.69) is 15.5 Å². The average Bonchev–Trinajstić information content (AvgIpc) is 2.87. The molecule has 14 heteroatoms. The molecule has 1 aromatic heterocycles. The molecule has 3 atom stereocenters. The maximum absolute atomic E-state index is 12.8. The molecule has 0 unspecified atom stereocenters. The number of aliphatic hydroxyl groups is 1. The number of benzene rings is 1. The molecule has 2 aromatic rings. The van der Waals surface area contributed by atoms with Crippen LogP contribution >= 0.6 is 23.5 Å². The number of hydrogen-bond acceptors (Lipinski definition) is 9. The van der Waals surface area contributed by atoms with Gasteiger partial charge in [0.25, 0.3) is 11.8 Å². The van der Waals surface area contributed by atoms with E-state index in [9.17, 15) is 34.2 Å². The number of aromatic nitrogens is 3. The molecule has 1 fully saturated rings. The third-order valence-corrected chi connectivity index (χ3v) is 7.93. The van der Waals surface area contributed by atoms with Crippen molar-refractivity contribution in [3.05, 3.63) is 67.9 Å². The fourth-order valence-corrected chi connectivity index (χ4v) is 6.27. The van der Waals surface area contributed by atoms with Gasteiger partial charge in [0.2, 0.25) is 0 Å². The van der Waals surface area contributed by atoms with Crippen LogP contribution in [0.3, 0.4) is 0 Å². The quantitative estimate of drug-likeness (QED) is 0.202. The molecule has 1 aromatic carbocycles. The minimum atomic E-state index is -1.46. The Hall–Kier alpha value is -3.36. The van der Waals surface area contributed by atoms with Crippen molar-refractivity contribution in [2.24, 2.45) is 0 Å². The molecule has 4 rings (SSSR count). The number of hydrogen-bond donors (Lipinski definition) is 4. The van der Waals surface area contributed by atoms with E-state index in [4.69, 9.17) is 0 Å². The molecule has 0 saturated carbocycles. The maximum atomic E-state index is 12.8. The van der Waals surface area contributed by atoms with E-state index in [0.717, 1.165) is 16.7 Å². The first-order valence-electron chi connectivity index (χ1n) is 10.5. The Bertz CT molecular complexity index is 1320. The van der Waals surface area contributed by atoms with Crippen LogP contribution in [0.15, 0.2) is 56.3 Å². The van der Waals surface area contributed by atoms with Crippen molar-refractivity contribution in [2.75, 3.05) is 11.5 Å². The minimum Gasteiger partial charge on any atom is -0.477 e. The third-order valence-electron chi connectivity index (χ3n) is 5.53. The normalized spacial score (nSPS) is 20.2. The van der Waals surface area contributed by atoms with Crippen LogP contribution in [0, 0.1) is 0 Å². The number of H-pyrrole nitrogens is 1. The summed E-state index contributed by atoms with van der Waals surface area (Å²) in [4.78, 5) is 62.0. The largest absolute Gasteiger partial charge is 0.477 e. The molecular weight excluding hydrogens is 498 g/mol. The molecule has 0 bridgehead atoms. The van der Waals surface area contributed by atoms with Crippen LogP contribution in [-0.4, -0.2) is 70.6 Å². The van der Waals surface area contributed by atoms with Gasteiger partial charge in [0.1, 0.15) is 17.1 Å². The van der Waals surface area contributed by atoms with Crippen molar-refractivity contribution in [3.8, 4) is 0 Å². The van der Waals surface area contributed by atoms with Gasteiger partial charge in [-0.3, -0.25) is 28.6 Å². The van der Waals surface area contributed by atoms with Crippen LogP contribution in [0.2, 0.25) is 0 Å². The minimum absolute atomic E-state index is 0.118. The Morgan fingerprint density at radius 3 is 2.66 bits per heavy atom. The number of carboxylic acids is 1. The SMILES string of the molecule is CCn1c(SCC2=C(C(=O)O)N3C(=O)[C@@H](NC(=O)[C@H](O)c4ccccc4)[C@@H]3SC2)n[nH]c(=O)c1=O.